The van der Waals surface area contributed by atoms with Gasteiger partial charge in [0.1, 0.15) is 11.9 Å². The summed E-state index contributed by atoms with van der Waals surface area (Å²) in [5.41, 5.74) is 0.343. The van der Waals surface area contributed by atoms with Crippen LogP contribution in [0, 0.1) is 11.7 Å². The van der Waals surface area contributed by atoms with Crippen molar-refractivity contribution in [2.45, 2.75) is 26.3 Å². The zero-order valence-electron chi connectivity index (χ0n) is 13.5. The van der Waals surface area contributed by atoms with Gasteiger partial charge in [-0.3, -0.25) is 9.59 Å². The lowest BCUT2D eigenvalue weighted by Crippen LogP contribution is -2.52. The highest BCUT2D eigenvalue weighted by molar-refractivity contribution is 5.97. The standard InChI is InChI=1S/C17H23FN2O3/c1-12(2)11-15(17(22)20-7-9-23-10-8-20)19-16(21)13-3-5-14(18)6-4-13/h3-6,12,15H,7-11H2,1-2H3,(H,19,21)/t15-/m1/s1. The Balaban J connectivity index is 2.06. The smallest absolute Gasteiger partial charge is 0.251 e. The van der Waals surface area contributed by atoms with E-state index in [1.54, 1.807) is 4.90 Å². The maximum atomic E-state index is 13.0. The van der Waals surface area contributed by atoms with Crippen molar-refractivity contribution in [1.82, 2.24) is 10.2 Å². The molecule has 1 aromatic rings. The van der Waals surface area contributed by atoms with Gasteiger partial charge in [0, 0.05) is 18.7 Å². The van der Waals surface area contributed by atoms with Crippen LogP contribution in [0.2, 0.25) is 0 Å². The Morgan fingerprint density at radius 1 is 1.22 bits per heavy atom. The number of benzene rings is 1. The summed E-state index contributed by atoms with van der Waals surface area (Å²) in [7, 11) is 0. The highest BCUT2D eigenvalue weighted by Crippen LogP contribution is 2.11. The van der Waals surface area contributed by atoms with Crippen LogP contribution in [-0.4, -0.2) is 49.1 Å². The quantitative estimate of drug-likeness (QED) is 0.900. The van der Waals surface area contributed by atoms with E-state index in [9.17, 15) is 14.0 Å². The maximum absolute atomic E-state index is 13.0. The van der Waals surface area contributed by atoms with E-state index >= 15 is 0 Å². The van der Waals surface area contributed by atoms with Crippen molar-refractivity contribution in [3.05, 3.63) is 35.6 Å². The summed E-state index contributed by atoms with van der Waals surface area (Å²) in [6.45, 7) is 6.13. The second kappa shape index (κ2) is 8.06. The van der Waals surface area contributed by atoms with Crippen LogP contribution in [0.1, 0.15) is 30.6 Å². The van der Waals surface area contributed by atoms with Crippen molar-refractivity contribution >= 4 is 11.8 Å². The molecule has 0 unspecified atom stereocenters. The first kappa shape index (κ1) is 17.4. The van der Waals surface area contributed by atoms with E-state index < -0.39 is 11.9 Å². The Labute approximate surface area is 135 Å². The topological polar surface area (TPSA) is 58.6 Å². The molecule has 6 heteroatoms. The highest BCUT2D eigenvalue weighted by Gasteiger charge is 2.28. The molecule has 0 radical (unpaired) electrons. The van der Waals surface area contributed by atoms with Crippen LogP contribution in [0.3, 0.4) is 0 Å². The van der Waals surface area contributed by atoms with Crippen LogP contribution < -0.4 is 5.32 Å². The summed E-state index contributed by atoms with van der Waals surface area (Å²) in [4.78, 5) is 26.7. The second-order valence-electron chi connectivity index (χ2n) is 6.10. The fraction of sp³-hybridized carbons (Fsp3) is 0.529. The molecule has 2 rings (SSSR count). The molecular formula is C17H23FN2O3. The second-order valence-corrected chi connectivity index (χ2v) is 6.10. The zero-order valence-corrected chi connectivity index (χ0v) is 13.5. The van der Waals surface area contributed by atoms with Gasteiger partial charge in [-0.2, -0.15) is 0 Å². The molecule has 126 valence electrons. The van der Waals surface area contributed by atoms with Crippen molar-refractivity contribution in [2.24, 2.45) is 5.92 Å². The van der Waals surface area contributed by atoms with Crippen LogP contribution in [0.4, 0.5) is 4.39 Å². The van der Waals surface area contributed by atoms with Crippen LogP contribution in [-0.2, 0) is 9.53 Å². The highest BCUT2D eigenvalue weighted by atomic mass is 19.1. The lowest BCUT2D eigenvalue weighted by atomic mass is 10.0. The Kier molecular flexibility index (Phi) is 6.10. The van der Waals surface area contributed by atoms with Gasteiger partial charge in [0.2, 0.25) is 5.91 Å². The third-order valence-corrected chi connectivity index (χ3v) is 3.74. The number of nitrogens with zero attached hydrogens (tertiary/aromatic N) is 1. The van der Waals surface area contributed by atoms with Gasteiger partial charge >= 0.3 is 0 Å². The van der Waals surface area contributed by atoms with Gasteiger partial charge in [-0.05, 0) is 36.6 Å². The van der Waals surface area contributed by atoms with Crippen molar-refractivity contribution in [3.8, 4) is 0 Å². The normalized spacial score (nSPS) is 16.3. The van der Waals surface area contributed by atoms with Crippen molar-refractivity contribution in [2.75, 3.05) is 26.3 Å². The minimum atomic E-state index is -0.578. The van der Waals surface area contributed by atoms with Crippen LogP contribution in [0.15, 0.2) is 24.3 Å². The number of carbonyl (C=O) groups excluding carboxylic acids is 2. The number of morpholine rings is 1. The third kappa shape index (κ3) is 5.03. The summed E-state index contributed by atoms with van der Waals surface area (Å²) in [5.74, 6) is -0.585. The number of amides is 2. The van der Waals surface area contributed by atoms with Crippen LogP contribution >= 0.6 is 0 Å². The summed E-state index contributed by atoms with van der Waals surface area (Å²) in [6.07, 6.45) is 0.559. The predicted octanol–water partition coefficient (Wildman–Crippen LogP) is 1.83. The first-order valence-corrected chi connectivity index (χ1v) is 7.90. The van der Waals surface area contributed by atoms with Crippen LogP contribution in [0.25, 0.3) is 0 Å². The van der Waals surface area contributed by atoms with E-state index in [4.69, 9.17) is 4.74 Å². The fourth-order valence-corrected chi connectivity index (χ4v) is 2.54. The Morgan fingerprint density at radius 3 is 2.39 bits per heavy atom. The third-order valence-electron chi connectivity index (χ3n) is 3.74. The minimum Gasteiger partial charge on any atom is -0.378 e. The average Bonchev–Trinajstić information content (AvgIpc) is 2.54. The molecule has 2 amide bonds. The van der Waals surface area contributed by atoms with Gasteiger partial charge < -0.3 is 15.0 Å². The summed E-state index contributed by atoms with van der Waals surface area (Å²) in [6, 6.07) is 4.71. The Morgan fingerprint density at radius 2 is 1.83 bits per heavy atom. The molecular weight excluding hydrogens is 299 g/mol. The van der Waals surface area contributed by atoms with Gasteiger partial charge in [-0.1, -0.05) is 13.8 Å². The van der Waals surface area contributed by atoms with Gasteiger partial charge in [-0.25, -0.2) is 4.39 Å². The number of hydrogen-bond acceptors (Lipinski definition) is 3. The van der Waals surface area contributed by atoms with E-state index in [1.807, 2.05) is 13.8 Å². The molecule has 1 aliphatic rings. The molecule has 23 heavy (non-hydrogen) atoms. The number of carbonyl (C=O) groups is 2. The van der Waals surface area contributed by atoms with Crippen LogP contribution in [0.5, 0.6) is 0 Å². The van der Waals surface area contributed by atoms with Gasteiger partial charge in [-0.15, -0.1) is 0 Å². The molecule has 0 bridgehead atoms. The molecule has 1 atom stereocenters. The molecule has 5 nitrogen and oxygen atoms in total. The molecule has 1 aliphatic heterocycles. The van der Waals surface area contributed by atoms with E-state index in [2.05, 4.69) is 5.32 Å². The van der Waals surface area contributed by atoms with Gasteiger partial charge in [0.25, 0.3) is 5.91 Å². The summed E-state index contributed by atoms with van der Waals surface area (Å²) in [5, 5.41) is 2.79. The number of nitrogens with one attached hydrogen (secondary N) is 1. The van der Waals surface area contributed by atoms with Crippen molar-refractivity contribution in [1.29, 1.82) is 0 Å². The lowest BCUT2D eigenvalue weighted by Gasteiger charge is -2.31. The minimum absolute atomic E-state index is 0.0857. The first-order valence-electron chi connectivity index (χ1n) is 7.90. The van der Waals surface area contributed by atoms with Crippen molar-refractivity contribution < 1.29 is 18.7 Å². The largest absolute Gasteiger partial charge is 0.378 e. The Hall–Kier alpha value is -1.95. The van der Waals surface area contributed by atoms with Gasteiger partial charge in [0.05, 0.1) is 13.2 Å². The SMILES string of the molecule is CC(C)C[C@@H](NC(=O)c1ccc(F)cc1)C(=O)N1CCOCC1. The Bertz CT molecular complexity index is 539. The average molecular weight is 322 g/mol. The molecule has 0 spiro atoms. The molecule has 0 aromatic heterocycles. The zero-order chi connectivity index (χ0) is 16.8. The maximum Gasteiger partial charge on any atom is 0.251 e. The van der Waals surface area contributed by atoms with E-state index in [0.717, 1.165) is 0 Å². The van der Waals surface area contributed by atoms with E-state index in [0.29, 0.717) is 38.3 Å². The molecule has 1 aromatic carbocycles. The van der Waals surface area contributed by atoms with Gasteiger partial charge in [0.15, 0.2) is 0 Å². The number of halogens is 1. The molecule has 0 saturated carbocycles. The van der Waals surface area contributed by atoms with E-state index in [1.165, 1.54) is 24.3 Å². The first-order chi connectivity index (χ1) is 11.0. The monoisotopic (exact) mass is 322 g/mol. The predicted molar refractivity (Wildman–Crippen MR) is 84.5 cm³/mol. The number of rotatable bonds is 5. The van der Waals surface area contributed by atoms with E-state index in [-0.39, 0.29) is 17.7 Å². The fourth-order valence-electron chi connectivity index (χ4n) is 2.54. The molecule has 1 heterocycles. The number of ether oxygens (including phenoxy) is 1. The lowest BCUT2D eigenvalue weighted by molar-refractivity contribution is -0.137. The molecule has 0 aliphatic carbocycles. The molecule has 1 N–H and O–H groups in total. The molecule has 1 fully saturated rings. The summed E-state index contributed by atoms with van der Waals surface area (Å²) < 4.78 is 18.2. The summed E-state index contributed by atoms with van der Waals surface area (Å²) >= 11 is 0. The number of hydrogen-bond donors (Lipinski definition) is 1. The molecule has 1 saturated heterocycles. The van der Waals surface area contributed by atoms with Crippen molar-refractivity contribution in [3.63, 3.8) is 0 Å².